The van der Waals surface area contributed by atoms with Gasteiger partial charge in [-0.05, 0) is 25.9 Å². The number of aromatic nitrogens is 2. The molecule has 8 heteroatoms. The van der Waals surface area contributed by atoms with Crippen molar-refractivity contribution in [3.8, 4) is 0 Å². The zero-order valence-corrected chi connectivity index (χ0v) is 13.9. The largest absolute Gasteiger partial charge is 0.388 e. The number of methoxy groups -OCH3 is 1. The molecule has 7 nitrogen and oxygen atoms in total. The van der Waals surface area contributed by atoms with Gasteiger partial charge in [0.1, 0.15) is 18.3 Å². The predicted molar refractivity (Wildman–Crippen MR) is 87.5 cm³/mol. The number of rotatable bonds is 5. The summed E-state index contributed by atoms with van der Waals surface area (Å²) < 4.78 is 11.2. The highest BCUT2D eigenvalue weighted by Crippen LogP contribution is 2.40. The van der Waals surface area contributed by atoms with Gasteiger partial charge >= 0.3 is 5.69 Å². The van der Waals surface area contributed by atoms with Crippen LogP contribution in [0.2, 0.25) is 0 Å². The molecule has 0 amide bonds. The summed E-state index contributed by atoms with van der Waals surface area (Å²) in [5.41, 5.74) is -0.869. The summed E-state index contributed by atoms with van der Waals surface area (Å²) in [5, 5.41) is 10.4. The Morgan fingerprint density at radius 1 is 1.45 bits per heavy atom. The van der Waals surface area contributed by atoms with Crippen LogP contribution in [0.1, 0.15) is 18.1 Å². The van der Waals surface area contributed by atoms with Crippen LogP contribution in [-0.4, -0.2) is 66.3 Å². The fourth-order valence-corrected chi connectivity index (χ4v) is 3.55. The molecule has 4 atom stereocenters. The Hall–Kier alpha value is -1.14. The first-order valence-electron chi connectivity index (χ1n) is 7.08. The number of aliphatic hydroxyl groups excluding tert-OH is 1. The third-order valence-corrected chi connectivity index (χ3v) is 5.25. The van der Waals surface area contributed by atoms with Crippen molar-refractivity contribution in [2.24, 2.45) is 0 Å². The van der Waals surface area contributed by atoms with Crippen molar-refractivity contribution in [2.45, 2.75) is 30.8 Å². The van der Waals surface area contributed by atoms with E-state index in [0.717, 1.165) is 6.16 Å². The molecule has 0 aromatic carbocycles. The molecule has 1 aromatic rings. The van der Waals surface area contributed by atoms with Crippen LogP contribution in [-0.2, 0) is 9.47 Å². The minimum absolute atomic E-state index is 0.247. The smallest absolute Gasteiger partial charge is 0.325 e. The second kappa shape index (κ2) is 6.54. The van der Waals surface area contributed by atoms with Gasteiger partial charge in [0.25, 0.3) is 5.56 Å². The molecule has 1 aliphatic rings. The van der Waals surface area contributed by atoms with Gasteiger partial charge in [-0.25, -0.2) is 4.79 Å². The van der Waals surface area contributed by atoms with Crippen LogP contribution < -0.4 is 11.2 Å². The SMILES string of the molecule is C=P(C)(C)CC[C@H]1O[C@@H](c2c[nH]c(=O)[nH]c2=O)[C@H](OC)[C@@H]1O. The third kappa shape index (κ3) is 3.79. The van der Waals surface area contributed by atoms with Gasteiger partial charge in [0.2, 0.25) is 0 Å². The van der Waals surface area contributed by atoms with Gasteiger partial charge in [0.15, 0.2) is 0 Å². The number of hydrogen-bond acceptors (Lipinski definition) is 5. The van der Waals surface area contributed by atoms with Crippen LogP contribution in [0.3, 0.4) is 0 Å². The topological polar surface area (TPSA) is 104 Å². The molecule has 1 saturated heterocycles. The maximum absolute atomic E-state index is 11.9. The van der Waals surface area contributed by atoms with Crippen LogP contribution in [0.15, 0.2) is 15.8 Å². The highest BCUT2D eigenvalue weighted by atomic mass is 31.2. The van der Waals surface area contributed by atoms with E-state index in [1.54, 1.807) is 0 Å². The van der Waals surface area contributed by atoms with Gasteiger partial charge in [0, 0.05) is 13.3 Å². The van der Waals surface area contributed by atoms with E-state index < -0.39 is 42.6 Å². The van der Waals surface area contributed by atoms with Gasteiger partial charge in [-0.15, -0.1) is 13.2 Å². The lowest BCUT2D eigenvalue weighted by Crippen LogP contribution is -2.34. The number of aliphatic hydroxyl groups is 1. The van der Waals surface area contributed by atoms with Crippen molar-refractivity contribution in [3.05, 3.63) is 32.6 Å². The average Bonchev–Trinajstić information content (AvgIpc) is 2.72. The van der Waals surface area contributed by atoms with Crippen LogP contribution in [0, 0.1) is 0 Å². The molecule has 2 rings (SSSR count). The number of nitrogens with one attached hydrogen (secondary N) is 2. The Labute approximate surface area is 128 Å². The van der Waals surface area contributed by atoms with E-state index in [1.807, 2.05) is 0 Å². The molecule has 2 heterocycles. The van der Waals surface area contributed by atoms with Crippen molar-refractivity contribution in [3.63, 3.8) is 0 Å². The summed E-state index contributed by atoms with van der Waals surface area (Å²) in [6, 6.07) is 0. The summed E-state index contributed by atoms with van der Waals surface area (Å²) in [5.74, 6) is 0. The molecule has 0 bridgehead atoms. The normalized spacial score (nSPS) is 28.9. The molecule has 124 valence electrons. The molecule has 0 unspecified atom stereocenters. The fraction of sp³-hybridized carbons (Fsp3) is 0.643. The quantitative estimate of drug-likeness (QED) is 0.658. The first-order valence-corrected chi connectivity index (χ1v) is 10.1. The Morgan fingerprint density at radius 3 is 2.68 bits per heavy atom. The second-order valence-electron chi connectivity index (χ2n) is 6.26. The molecule has 0 aliphatic carbocycles. The van der Waals surface area contributed by atoms with E-state index in [4.69, 9.17) is 9.47 Å². The monoisotopic (exact) mass is 330 g/mol. The van der Waals surface area contributed by atoms with Crippen molar-refractivity contribution < 1.29 is 14.6 Å². The number of H-pyrrole nitrogens is 2. The third-order valence-electron chi connectivity index (χ3n) is 3.78. The molecule has 0 spiro atoms. The average molecular weight is 330 g/mol. The van der Waals surface area contributed by atoms with Gasteiger partial charge in [0.05, 0.1) is 11.7 Å². The Kier molecular flexibility index (Phi) is 5.12. The molecule has 0 radical (unpaired) electrons. The molecular formula is C14H23N2O5P. The Morgan fingerprint density at radius 2 is 2.14 bits per heavy atom. The van der Waals surface area contributed by atoms with Crippen LogP contribution in [0.4, 0.5) is 0 Å². The van der Waals surface area contributed by atoms with E-state index in [2.05, 4.69) is 29.6 Å². The van der Waals surface area contributed by atoms with E-state index in [1.165, 1.54) is 13.3 Å². The minimum Gasteiger partial charge on any atom is -0.388 e. The van der Waals surface area contributed by atoms with Crippen molar-refractivity contribution in [1.82, 2.24) is 9.97 Å². The van der Waals surface area contributed by atoms with Crippen LogP contribution in [0.5, 0.6) is 0 Å². The molecule has 22 heavy (non-hydrogen) atoms. The van der Waals surface area contributed by atoms with Gasteiger partial charge in [-0.3, -0.25) is 9.78 Å². The van der Waals surface area contributed by atoms with E-state index in [-0.39, 0.29) is 5.56 Å². The van der Waals surface area contributed by atoms with Gasteiger partial charge in [-0.1, -0.05) is 0 Å². The van der Waals surface area contributed by atoms with Gasteiger partial charge < -0.3 is 19.6 Å². The number of ether oxygens (including phenoxy) is 2. The maximum atomic E-state index is 11.9. The zero-order valence-electron chi connectivity index (χ0n) is 13.0. The lowest BCUT2D eigenvalue weighted by molar-refractivity contribution is -0.0128. The first kappa shape index (κ1) is 17.2. The standard InChI is InChI=1S/C14H23N2O5P/c1-20-12-10(17)9(5-6-22(2,3)4)21-11(12)8-7-15-14(19)16-13(8)18/h7,9-12,17H,2,5-6H2,1,3-4H3,(H2,15,16,18,19)/t9-,10-,11+,12-/m1/s1. The Balaban J connectivity index is 2.23. The van der Waals surface area contributed by atoms with Crippen molar-refractivity contribution in [1.29, 1.82) is 0 Å². The summed E-state index contributed by atoms with van der Waals surface area (Å²) in [4.78, 5) is 27.6. The van der Waals surface area contributed by atoms with Crippen molar-refractivity contribution >= 4 is 13.2 Å². The molecule has 1 aliphatic heterocycles. The highest BCUT2D eigenvalue weighted by molar-refractivity contribution is 7.72. The first-order chi connectivity index (χ1) is 10.2. The van der Waals surface area contributed by atoms with E-state index >= 15 is 0 Å². The van der Waals surface area contributed by atoms with E-state index in [0.29, 0.717) is 6.42 Å². The number of aromatic amines is 2. The molecular weight excluding hydrogens is 307 g/mol. The summed E-state index contributed by atoms with van der Waals surface area (Å²) in [6.07, 6.45) is 4.38. The van der Waals surface area contributed by atoms with Crippen LogP contribution in [0.25, 0.3) is 0 Å². The second-order valence-corrected chi connectivity index (χ2v) is 10.6. The molecule has 1 aromatic heterocycles. The minimum atomic E-state index is -1.23. The maximum Gasteiger partial charge on any atom is 0.325 e. The number of hydrogen-bond donors (Lipinski definition) is 3. The predicted octanol–water partition coefficient (Wildman–Crippen LogP) is -0.0217. The summed E-state index contributed by atoms with van der Waals surface area (Å²) in [7, 11) is 1.46. The van der Waals surface area contributed by atoms with Crippen molar-refractivity contribution in [2.75, 3.05) is 26.6 Å². The fourth-order valence-electron chi connectivity index (χ4n) is 2.60. The van der Waals surface area contributed by atoms with Crippen LogP contribution >= 0.6 is 6.89 Å². The van der Waals surface area contributed by atoms with Gasteiger partial charge in [-0.2, -0.15) is 0 Å². The summed E-state index contributed by atoms with van der Waals surface area (Å²) >= 11 is 0. The summed E-state index contributed by atoms with van der Waals surface area (Å²) in [6.45, 7) is 3.01. The molecule has 3 N–H and O–H groups in total. The molecule has 1 fully saturated rings. The van der Waals surface area contributed by atoms with E-state index in [9.17, 15) is 14.7 Å². The lowest BCUT2D eigenvalue weighted by Gasteiger charge is -2.19. The Bertz CT molecular complexity index is 676. The zero-order chi connectivity index (χ0) is 16.5. The molecule has 0 saturated carbocycles. The highest BCUT2D eigenvalue weighted by Gasteiger charge is 2.45. The lowest BCUT2D eigenvalue weighted by atomic mass is 10.0.